The number of hydrogen-bond acceptors (Lipinski definition) is 5. The van der Waals surface area contributed by atoms with Crippen molar-refractivity contribution in [3.8, 4) is 5.88 Å². The highest BCUT2D eigenvalue weighted by Crippen LogP contribution is 2.10. The maximum absolute atomic E-state index is 11.8. The van der Waals surface area contributed by atoms with Crippen molar-refractivity contribution >= 4 is 11.7 Å². The van der Waals surface area contributed by atoms with Gasteiger partial charge in [-0.25, -0.2) is 9.97 Å². The molecule has 0 spiro atoms. The summed E-state index contributed by atoms with van der Waals surface area (Å²) in [5, 5.41) is 2.99. The van der Waals surface area contributed by atoms with Crippen LogP contribution < -0.4 is 10.1 Å². The summed E-state index contributed by atoms with van der Waals surface area (Å²) in [6.45, 7) is 8.23. The van der Waals surface area contributed by atoms with Crippen LogP contribution >= 0.6 is 0 Å². The van der Waals surface area contributed by atoms with Gasteiger partial charge in [0.15, 0.2) is 0 Å². The standard InChI is InChI=1S/C13H22N4O2/c1-4-7-19-12-8-11(15-10-16-12)14-9-13(18)17(5-2)6-3/h8,10H,4-7,9H2,1-3H3,(H,14,15,16). The fourth-order valence-electron chi connectivity index (χ4n) is 1.58. The van der Waals surface area contributed by atoms with Gasteiger partial charge in [-0.05, 0) is 20.3 Å². The second-order valence-corrected chi connectivity index (χ2v) is 4.01. The minimum Gasteiger partial charge on any atom is -0.478 e. The van der Waals surface area contributed by atoms with Gasteiger partial charge in [0.25, 0.3) is 0 Å². The van der Waals surface area contributed by atoms with E-state index in [0.29, 0.717) is 31.4 Å². The summed E-state index contributed by atoms with van der Waals surface area (Å²) >= 11 is 0. The largest absolute Gasteiger partial charge is 0.478 e. The molecule has 19 heavy (non-hydrogen) atoms. The zero-order chi connectivity index (χ0) is 14.1. The van der Waals surface area contributed by atoms with Crippen LogP contribution in [0.4, 0.5) is 5.82 Å². The number of amides is 1. The number of anilines is 1. The molecule has 1 heterocycles. The molecule has 0 aliphatic carbocycles. The molecule has 106 valence electrons. The molecule has 1 amide bonds. The third kappa shape index (κ3) is 5.11. The lowest BCUT2D eigenvalue weighted by molar-refractivity contribution is -0.128. The van der Waals surface area contributed by atoms with E-state index in [2.05, 4.69) is 15.3 Å². The number of ether oxygens (including phenoxy) is 1. The van der Waals surface area contributed by atoms with Crippen molar-refractivity contribution in [3.63, 3.8) is 0 Å². The highest BCUT2D eigenvalue weighted by Gasteiger charge is 2.09. The van der Waals surface area contributed by atoms with Crippen LogP contribution in [0.5, 0.6) is 5.88 Å². The SMILES string of the molecule is CCCOc1cc(NCC(=O)N(CC)CC)ncn1. The summed E-state index contributed by atoms with van der Waals surface area (Å²) < 4.78 is 5.41. The quantitative estimate of drug-likeness (QED) is 0.773. The van der Waals surface area contributed by atoms with Gasteiger partial charge >= 0.3 is 0 Å². The summed E-state index contributed by atoms with van der Waals surface area (Å²) in [5.74, 6) is 1.18. The lowest BCUT2D eigenvalue weighted by Crippen LogP contribution is -2.35. The Labute approximate surface area is 114 Å². The minimum absolute atomic E-state index is 0.0552. The normalized spacial score (nSPS) is 10.1. The Morgan fingerprint density at radius 1 is 1.32 bits per heavy atom. The van der Waals surface area contributed by atoms with Gasteiger partial charge in [-0.2, -0.15) is 0 Å². The predicted octanol–water partition coefficient (Wildman–Crippen LogP) is 1.55. The number of carbonyl (C=O) groups excluding carboxylic acids is 1. The Morgan fingerprint density at radius 2 is 2.05 bits per heavy atom. The van der Waals surface area contributed by atoms with Gasteiger partial charge in [-0.15, -0.1) is 0 Å². The molecule has 0 aliphatic rings. The highest BCUT2D eigenvalue weighted by molar-refractivity contribution is 5.80. The molecular formula is C13H22N4O2. The molecular weight excluding hydrogens is 244 g/mol. The van der Waals surface area contributed by atoms with E-state index in [1.165, 1.54) is 6.33 Å². The van der Waals surface area contributed by atoms with Gasteiger partial charge in [0.2, 0.25) is 11.8 Å². The molecule has 0 unspecified atom stereocenters. The van der Waals surface area contributed by atoms with Crippen molar-refractivity contribution < 1.29 is 9.53 Å². The Hall–Kier alpha value is -1.85. The first-order valence-corrected chi connectivity index (χ1v) is 6.67. The van der Waals surface area contributed by atoms with E-state index in [1.807, 2.05) is 20.8 Å². The van der Waals surface area contributed by atoms with Crippen LogP contribution in [0.25, 0.3) is 0 Å². The number of hydrogen-bond donors (Lipinski definition) is 1. The zero-order valence-electron chi connectivity index (χ0n) is 11.8. The third-order valence-corrected chi connectivity index (χ3v) is 2.63. The number of aromatic nitrogens is 2. The second-order valence-electron chi connectivity index (χ2n) is 4.01. The summed E-state index contributed by atoms with van der Waals surface area (Å²) in [4.78, 5) is 21.7. The maximum atomic E-state index is 11.8. The van der Waals surface area contributed by atoms with Crippen LogP contribution in [-0.2, 0) is 4.79 Å². The molecule has 0 radical (unpaired) electrons. The lowest BCUT2D eigenvalue weighted by atomic mass is 10.4. The molecule has 0 fully saturated rings. The van der Waals surface area contributed by atoms with E-state index in [1.54, 1.807) is 11.0 Å². The van der Waals surface area contributed by atoms with Crippen molar-refractivity contribution in [2.45, 2.75) is 27.2 Å². The molecule has 1 aromatic rings. The van der Waals surface area contributed by atoms with Crippen LogP contribution in [0.15, 0.2) is 12.4 Å². The zero-order valence-corrected chi connectivity index (χ0v) is 11.8. The van der Waals surface area contributed by atoms with Crippen LogP contribution in [0.3, 0.4) is 0 Å². The monoisotopic (exact) mass is 266 g/mol. The van der Waals surface area contributed by atoms with Crippen molar-refractivity contribution in [2.75, 3.05) is 31.6 Å². The average molecular weight is 266 g/mol. The van der Waals surface area contributed by atoms with Crippen molar-refractivity contribution in [1.82, 2.24) is 14.9 Å². The van der Waals surface area contributed by atoms with E-state index in [9.17, 15) is 4.79 Å². The fraction of sp³-hybridized carbons (Fsp3) is 0.615. The Balaban J connectivity index is 2.50. The van der Waals surface area contributed by atoms with E-state index >= 15 is 0 Å². The van der Waals surface area contributed by atoms with Crippen LogP contribution in [0.1, 0.15) is 27.2 Å². The molecule has 1 rings (SSSR count). The number of likely N-dealkylation sites (N-methyl/N-ethyl adjacent to an activating group) is 1. The number of nitrogens with one attached hydrogen (secondary N) is 1. The molecule has 6 nitrogen and oxygen atoms in total. The van der Waals surface area contributed by atoms with E-state index in [-0.39, 0.29) is 12.5 Å². The van der Waals surface area contributed by atoms with Crippen LogP contribution in [0, 0.1) is 0 Å². The first-order chi connectivity index (χ1) is 9.21. The summed E-state index contributed by atoms with van der Waals surface area (Å²) in [6.07, 6.45) is 2.35. The highest BCUT2D eigenvalue weighted by atomic mass is 16.5. The van der Waals surface area contributed by atoms with Gasteiger partial charge in [-0.1, -0.05) is 6.92 Å². The van der Waals surface area contributed by atoms with Crippen LogP contribution in [0.2, 0.25) is 0 Å². The molecule has 1 aromatic heterocycles. The second kappa shape index (κ2) is 8.29. The minimum atomic E-state index is 0.0552. The first-order valence-electron chi connectivity index (χ1n) is 6.67. The lowest BCUT2D eigenvalue weighted by Gasteiger charge is -2.18. The van der Waals surface area contributed by atoms with Gasteiger partial charge in [0.05, 0.1) is 13.2 Å². The summed E-state index contributed by atoms with van der Waals surface area (Å²) in [7, 11) is 0. The third-order valence-electron chi connectivity index (χ3n) is 2.63. The van der Waals surface area contributed by atoms with Crippen molar-refractivity contribution in [2.24, 2.45) is 0 Å². The topological polar surface area (TPSA) is 67.3 Å². The molecule has 0 aromatic carbocycles. The first kappa shape index (κ1) is 15.2. The number of carbonyl (C=O) groups is 1. The molecule has 6 heteroatoms. The van der Waals surface area contributed by atoms with Gasteiger partial charge in [0, 0.05) is 19.2 Å². The predicted molar refractivity (Wildman–Crippen MR) is 74.2 cm³/mol. The number of rotatable bonds is 8. The molecule has 0 saturated heterocycles. The van der Waals surface area contributed by atoms with Crippen molar-refractivity contribution in [3.05, 3.63) is 12.4 Å². The molecule has 0 aliphatic heterocycles. The van der Waals surface area contributed by atoms with Gasteiger partial charge in [0.1, 0.15) is 12.1 Å². The fourth-order valence-corrected chi connectivity index (χ4v) is 1.58. The van der Waals surface area contributed by atoms with Gasteiger partial charge < -0.3 is 15.0 Å². The molecule has 0 atom stereocenters. The molecule has 1 N–H and O–H groups in total. The van der Waals surface area contributed by atoms with Crippen molar-refractivity contribution in [1.29, 1.82) is 0 Å². The Kier molecular flexibility index (Phi) is 6.63. The van der Waals surface area contributed by atoms with Crippen LogP contribution in [-0.4, -0.2) is 47.0 Å². The van der Waals surface area contributed by atoms with E-state index in [4.69, 9.17) is 4.74 Å². The average Bonchev–Trinajstić information content (AvgIpc) is 2.44. The van der Waals surface area contributed by atoms with E-state index in [0.717, 1.165) is 6.42 Å². The van der Waals surface area contributed by atoms with Gasteiger partial charge in [-0.3, -0.25) is 4.79 Å². The Bertz CT molecular complexity index is 394. The summed E-state index contributed by atoms with van der Waals surface area (Å²) in [5.41, 5.74) is 0. The molecule has 0 bridgehead atoms. The smallest absolute Gasteiger partial charge is 0.241 e. The molecule has 0 saturated carbocycles. The maximum Gasteiger partial charge on any atom is 0.241 e. The van der Waals surface area contributed by atoms with E-state index < -0.39 is 0 Å². The number of nitrogens with zero attached hydrogens (tertiary/aromatic N) is 3. The summed E-state index contributed by atoms with van der Waals surface area (Å²) in [6, 6.07) is 1.70. The Morgan fingerprint density at radius 3 is 2.68 bits per heavy atom.